The quantitative estimate of drug-likeness (QED) is 0.821. The Balaban J connectivity index is 1.86. The third-order valence-corrected chi connectivity index (χ3v) is 5.04. The zero-order valence-corrected chi connectivity index (χ0v) is 15.7. The SMILES string of the molecule is CCc1ccc(-c2csc(NC(=O)CSCC(=O)N(C)C)n2)cc1. The summed E-state index contributed by atoms with van der Waals surface area (Å²) < 4.78 is 0. The first-order valence-electron chi connectivity index (χ1n) is 7.62. The zero-order valence-electron chi connectivity index (χ0n) is 14.0. The van der Waals surface area contributed by atoms with Crippen LogP contribution in [0.2, 0.25) is 0 Å². The maximum absolute atomic E-state index is 11.9. The molecule has 0 aliphatic carbocycles. The first-order valence-corrected chi connectivity index (χ1v) is 9.65. The summed E-state index contributed by atoms with van der Waals surface area (Å²) in [6.07, 6.45) is 1.01. The van der Waals surface area contributed by atoms with E-state index in [1.54, 1.807) is 14.1 Å². The Morgan fingerprint density at radius 2 is 1.92 bits per heavy atom. The summed E-state index contributed by atoms with van der Waals surface area (Å²) in [5.74, 6) is 0.390. The second-order valence-electron chi connectivity index (χ2n) is 5.42. The van der Waals surface area contributed by atoms with Crippen molar-refractivity contribution in [3.8, 4) is 11.3 Å². The number of thioether (sulfide) groups is 1. The summed E-state index contributed by atoms with van der Waals surface area (Å²) in [7, 11) is 3.40. The Morgan fingerprint density at radius 3 is 2.54 bits per heavy atom. The molecule has 0 atom stereocenters. The van der Waals surface area contributed by atoms with Gasteiger partial charge in [0.15, 0.2) is 5.13 Å². The molecule has 1 heterocycles. The van der Waals surface area contributed by atoms with Gasteiger partial charge in [-0.25, -0.2) is 4.98 Å². The smallest absolute Gasteiger partial charge is 0.236 e. The number of thiazole rings is 1. The highest BCUT2D eigenvalue weighted by Gasteiger charge is 2.10. The van der Waals surface area contributed by atoms with Crippen molar-refractivity contribution in [2.75, 3.05) is 30.9 Å². The fourth-order valence-corrected chi connectivity index (χ4v) is 3.42. The maximum Gasteiger partial charge on any atom is 0.236 e. The highest BCUT2D eigenvalue weighted by atomic mass is 32.2. The van der Waals surface area contributed by atoms with E-state index in [9.17, 15) is 9.59 Å². The van der Waals surface area contributed by atoms with Gasteiger partial charge in [-0.05, 0) is 12.0 Å². The second kappa shape index (κ2) is 8.84. The van der Waals surface area contributed by atoms with Crippen LogP contribution in [-0.4, -0.2) is 47.3 Å². The normalized spacial score (nSPS) is 10.5. The van der Waals surface area contributed by atoms with E-state index in [0.717, 1.165) is 17.7 Å². The van der Waals surface area contributed by atoms with Crippen LogP contribution in [-0.2, 0) is 16.0 Å². The molecule has 7 heteroatoms. The molecule has 1 N–H and O–H groups in total. The van der Waals surface area contributed by atoms with Crippen molar-refractivity contribution in [1.82, 2.24) is 9.88 Å². The van der Waals surface area contributed by atoms with Crippen LogP contribution in [0.25, 0.3) is 11.3 Å². The first kappa shape index (κ1) is 18.5. The molecule has 0 radical (unpaired) electrons. The van der Waals surface area contributed by atoms with Gasteiger partial charge in [-0.2, -0.15) is 0 Å². The van der Waals surface area contributed by atoms with Gasteiger partial charge >= 0.3 is 0 Å². The van der Waals surface area contributed by atoms with E-state index in [1.165, 1.54) is 33.6 Å². The molecule has 0 spiro atoms. The van der Waals surface area contributed by atoms with Gasteiger partial charge in [-0.3, -0.25) is 9.59 Å². The first-order chi connectivity index (χ1) is 11.5. The van der Waals surface area contributed by atoms with Crippen LogP contribution in [0.3, 0.4) is 0 Å². The molecule has 1 aromatic heterocycles. The lowest BCUT2D eigenvalue weighted by atomic mass is 10.1. The Hall–Kier alpha value is -1.86. The van der Waals surface area contributed by atoms with Crippen LogP contribution < -0.4 is 5.32 Å². The Morgan fingerprint density at radius 1 is 1.21 bits per heavy atom. The average molecular weight is 364 g/mol. The number of aromatic nitrogens is 1. The molecule has 0 bridgehead atoms. The van der Waals surface area contributed by atoms with Gasteiger partial charge in [0.1, 0.15) is 0 Å². The topological polar surface area (TPSA) is 62.3 Å². The summed E-state index contributed by atoms with van der Waals surface area (Å²) in [5, 5.41) is 5.29. The molecular formula is C17H21N3O2S2. The molecule has 2 amide bonds. The molecule has 0 saturated carbocycles. The molecule has 5 nitrogen and oxygen atoms in total. The monoisotopic (exact) mass is 363 g/mol. The molecule has 1 aromatic carbocycles. The number of amides is 2. The van der Waals surface area contributed by atoms with E-state index in [2.05, 4.69) is 29.4 Å². The van der Waals surface area contributed by atoms with Crippen molar-refractivity contribution in [3.05, 3.63) is 35.2 Å². The van der Waals surface area contributed by atoms with Crippen molar-refractivity contribution in [1.29, 1.82) is 0 Å². The molecule has 2 aromatic rings. The van der Waals surface area contributed by atoms with Crippen molar-refractivity contribution >= 4 is 40.0 Å². The lowest BCUT2D eigenvalue weighted by Gasteiger charge is -2.09. The van der Waals surface area contributed by atoms with E-state index in [4.69, 9.17) is 0 Å². The van der Waals surface area contributed by atoms with Crippen LogP contribution in [0.4, 0.5) is 5.13 Å². The van der Waals surface area contributed by atoms with Crippen molar-refractivity contribution in [2.24, 2.45) is 0 Å². The average Bonchev–Trinajstić information content (AvgIpc) is 3.03. The summed E-state index contributed by atoms with van der Waals surface area (Å²) in [6.45, 7) is 2.12. The van der Waals surface area contributed by atoms with Gasteiger partial charge in [-0.1, -0.05) is 31.2 Å². The van der Waals surface area contributed by atoms with Gasteiger partial charge in [0, 0.05) is 25.0 Å². The number of aryl methyl sites for hydroxylation is 1. The molecule has 0 aliphatic heterocycles. The molecule has 0 unspecified atom stereocenters. The molecular weight excluding hydrogens is 342 g/mol. The van der Waals surface area contributed by atoms with Crippen LogP contribution in [0.5, 0.6) is 0 Å². The number of carbonyl (C=O) groups excluding carboxylic acids is 2. The van der Waals surface area contributed by atoms with Gasteiger partial charge in [-0.15, -0.1) is 23.1 Å². The van der Waals surface area contributed by atoms with Crippen LogP contribution in [0.1, 0.15) is 12.5 Å². The number of nitrogens with zero attached hydrogens (tertiary/aromatic N) is 2. The summed E-state index contributed by atoms with van der Waals surface area (Å²) in [6, 6.07) is 8.26. The Bertz CT molecular complexity index is 696. The number of benzene rings is 1. The second-order valence-corrected chi connectivity index (χ2v) is 7.26. The summed E-state index contributed by atoms with van der Waals surface area (Å²) >= 11 is 2.70. The van der Waals surface area contributed by atoms with Crippen LogP contribution in [0, 0.1) is 0 Å². The number of hydrogen-bond donors (Lipinski definition) is 1. The molecule has 128 valence electrons. The van der Waals surface area contributed by atoms with E-state index in [-0.39, 0.29) is 17.6 Å². The minimum Gasteiger partial charge on any atom is -0.348 e. The molecule has 2 rings (SSSR count). The number of anilines is 1. The van der Waals surface area contributed by atoms with Gasteiger partial charge in [0.2, 0.25) is 11.8 Å². The maximum atomic E-state index is 11.9. The number of rotatable bonds is 7. The minimum absolute atomic E-state index is 0.000129. The number of carbonyl (C=O) groups is 2. The van der Waals surface area contributed by atoms with Crippen molar-refractivity contribution < 1.29 is 9.59 Å². The molecule has 0 saturated heterocycles. The van der Waals surface area contributed by atoms with Gasteiger partial charge in [0.25, 0.3) is 0 Å². The lowest BCUT2D eigenvalue weighted by molar-refractivity contribution is -0.125. The van der Waals surface area contributed by atoms with E-state index in [0.29, 0.717) is 10.9 Å². The van der Waals surface area contributed by atoms with E-state index < -0.39 is 0 Å². The Kier molecular flexibility index (Phi) is 6.81. The van der Waals surface area contributed by atoms with E-state index >= 15 is 0 Å². The zero-order chi connectivity index (χ0) is 17.5. The molecule has 0 aliphatic rings. The highest BCUT2D eigenvalue weighted by Crippen LogP contribution is 2.25. The Labute approximate surface area is 150 Å². The van der Waals surface area contributed by atoms with Crippen LogP contribution >= 0.6 is 23.1 Å². The molecule has 0 fully saturated rings. The summed E-state index contributed by atoms with van der Waals surface area (Å²) in [5.41, 5.74) is 3.18. The van der Waals surface area contributed by atoms with E-state index in [1.807, 2.05) is 17.5 Å². The predicted molar refractivity (Wildman–Crippen MR) is 102 cm³/mol. The fourth-order valence-electron chi connectivity index (χ4n) is 1.89. The van der Waals surface area contributed by atoms with Crippen molar-refractivity contribution in [2.45, 2.75) is 13.3 Å². The van der Waals surface area contributed by atoms with Crippen molar-refractivity contribution in [3.63, 3.8) is 0 Å². The number of hydrogen-bond acceptors (Lipinski definition) is 5. The third kappa shape index (κ3) is 5.35. The standard InChI is InChI=1S/C17H21N3O2S2/c1-4-12-5-7-13(8-6-12)14-9-24-17(18-14)19-15(21)10-23-11-16(22)20(2)3/h5-9H,4,10-11H2,1-3H3,(H,18,19,21). The number of nitrogens with one attached hydrogen (secondary N) is 1. The predicted octanol–water partition coefficient (Wildman–Crippen LogP) is 3.13. The van der Waals surface area contributed by atoms with Gasteiger partial charge < -0.3 is 10.2 Å². The lowest BCUT2D eigenvalue weighted by Crippen LogP contribution is -2.24. The molecule has 24 heavy (non-hydrogen) atoms. The largest absolute Gasteiger partial charge is 0.348 e. The van der Waals surface area contributed by atoms with Crippen LogP contribution in [0.15, 0.2) is 29.6 Å². The highest BCUT2D eigenvalue weighted by molar-refractivity contribution is 8.00. The summed E-state index contributed by atoms with van der Waals surface area (Å²) in [4.78, 5) is 29.3. The fraction of sp³-hybridized carbons (Fsp3) is 0.353. The third-order valence-electron chi connectivity index (χ3n) is 3.37. The van der Waals surface area contributed by atoms with Gasteiger partial charge in [0.05, 0.1) is 17.2 Å². The minimum atomic E-state index is -0.145.